The van der Waals surface area contributed by atoms with E-state index in [2.05, 4.69) is 0 Å². The zero-order valence-corrected chi connectivity index (χ0v) is 10.2. The normalized spacial score (nSPS) is 15.1. The maximum atomic E-state index is 11.1. The van der Waals surface area contributed by atoms with Crippen molar-refractivity contribution in [3.05, 3.63) is 0 Å². The van der Waals surface area contributed by atoms with Crippen molar-refractivity contribution >= 4 is 5.97 Å². The molecule has 0 aromatic heterocycles. The number of nitrogens with two attached hydrogens (primary N) is 2. The molecule has 0 saturated carbocycles. The van der Waals surface area contributed by atoms with Crippen LogP contribution in [0.3, 0.4) is 0 Å². The van der Waals surface area contributed by atoms with Gasteiger partial charge < -0.3 is 21.3 Å². The van der Waals surface area contributed by atoms with E-state index >= 15 is 0 Å². The van der Waals surface area contributed by atoms with E-state index in [1.165, 1.54) is 0 Å². The first-order valence-electron chi connectivity index (χ1n) is 5.76. The van der Waals surface area contributed by atoms with Crippen molar-refractivity contribution in [3.63, 3.8) is 0 Å². The van der Waals surface area contributed by atoms with Gasteiger partial charge in [0.25, 0.3) is 0 Å². The molecule has 0 aromatic carbocycles. The Morgan fingerprint density at radius 2 is 2.00 bits per heavy atom. The highest BCUT2D eigenvalue weighted by atomic mass is 16.5. The van der Waals surface area contributed by atoms with Gasteiger partial charge in [-0.15, -0.1) is 0 Å². The van der Waals surface area contributed by atoms with Gasteiger partial charge in [-0.25, -0.2) is 0 Å². The average Bonchev–Trinajstić information content (AvgIpc) is 2.17. The lowest BCUT2D eigenvalue weighted by molar-refractivity contribution is -0.144. The number of hydrogen-bond acceptors (Lipinski definition) is 4. The first-order valence-corrected chi connectivity index (χ1v) is 5.76. The Morgan fingerprint density at radius 1 is 1.38 bits per heavy atom. The van der Waals surface area contributed by atoms with Crippen LogP contribution < -0.4 is 11.5 Å². The van der Waals surface area contributed by atoms with Crippen LogP contribution in [0.1, 0.15) is 39.5 Å². The van der Waals surface area contributed by atoms with Crippen LogP contribution in [-0.4, -0.2) is 35.9 Å². The zero-order chi connectivity index (χ0) is 12.6. The van der Waals surface area contributed by atoms with Gasteiger partial charge in [0.05, 0.1) is 6.10 Å². The van der Waals surface area contributed by atoms with Crippen LogP contribution in [0, 0.1) is 0 Å². The summed E-state index contributed by atoms with van der Waals surface area (Å²) in [6.07, 6.45) is 2.42. The fourth-order valence-electron chi connectivity index (χ4n) is 1.40. The maximum absolute atomic E-state index is 11.1. The monoisotopic (exact) mass is 232 g/mol. The Kier molecular flexibility index (Phi) is 7.29. The fourth-order valence-corrected chi connectivity index (χ4v) is 1.40. The molecule has 96 valence electrons. The minimum absolute atomic E-state index is 0.0992. The highest BCUT2D eigenvalue weighted by Gasteiger charge is 2.32. The van der Waals surface area contributed by atoms with Crippen molar-refractivity contribution in [2.45, 2.75) is 51.2 Å². The van der Waals surface area contributed by atoms with Gasteiger partial charge in [0.15, 0.2) is 0 Å². The second kappa shape index (κ2) is 7.60. The molecule has 5 heteroatoms. The predicted molar refractivity (Wildman–Crippen MR) is 63.2 cm³/mol. The maximum Gasteiger partial charge on any atom is 0.323 e. The molecule has 0 saturated heterocycles. The molecule has 0 spiro atoms. The van der Waals surface area contributed by atoms with Gasteiger partial charge in [-0.1, -0.05) is 0 Å². The molecule has 0 aliphatic carbocycles. The molecular weight excluding hydrogens is 208 g/mol. The predicted octanol–water partition coefficient (Wildman–Crippen LogP) is 0.713. The summed E-state index contributed by atoms with van der Waals surface area (Å²) in [4.78, 5) is 11.1. The first-order chi connectivity index (χ1) is 7.42. The van der Waals surface area contributed by atoms with Crippen LogP contribution in [0.4, 0.5) is 0 Å². The summed E-state index contributed by atoms with van der Waals surface area (Å²) in [5.74, 6) is -0.961. The zero-order valence-electron chi connectivity index (χ0n) is 10.2. The first kappa shape index (κ1) is 15.3. The van der Waals surface area contributed by atoms with Gasteiger partial charge >= 0.3 is 5.97 Å². The summed E-state index contributed by atoms with van der Waals surface area (Å²) in [6, 6.07) is 0. The van der Waals surface area contributed by atoms with Crippen molar-refractivity contribution in [1.29, 1.82) is 0 Å². The molecule has 0 heterocycles. The van der Waals surface area contributed by atoms with E-state index in [1.54, 1.807) is 0 Å². The minimum atomic E-state index is -1.18. The lowest BCUT2D eigenvalue weighted by Gasteiger charge is -2.25. The number of carboxylic acids is 1. The van der Waals surface area contributed by atoms with Crippen LogP contribution in [-0.2, 0) is 9.53 Å². The number of carboxylic acid groups (broad SMARTS) is 1. The average molecular weight is 232 g/mol. The molecule has 16 heavy (non-hydrogen) atoms. The summed E-state index contributed by atoms with van der Waals surface area (Å²) in [5.41, 5.74) is 10.0. The molecule has 0 unspecified atom stereocenters. The molecule has 0 bridgehead atoms. The quantitative estimate of drug-likeness (QED) is 0.509. The van der Waals surface area contributed by atoms with Crippen LogP contribution in [0.15, 0.2) is 0 Å². The molecule has 5 nitrogen and oxygen atoms in total. The molecule has 1 atom stereocenters. The van der Waals surface area contributed by atoms with E-state index in [1.807, 2.05) is 13.8 Å². The van der Waals surface area contributed by atoms with E-state index < -0.39 is 11.5 Å². The lowest BCUT2D eigenvalue weighted by atomic mass is 9.90. The van der Waals surface area contributed by atoms with Crippen molar-refractivity contribution in [3.8, 4) is 0 Å². The third kappa shape index (κ3) is 6.05. The minimum Gasteiger partial charge on any atom is -0.480 e. The molecule has 5 N–H and O–H groups in total. The van der Waals surface area contributed by atoms with Gasteiger partial charge in [0, 0.05) is 6.61 Å². The molecular formula is C11H24N2O3. The highest BCUT2D eigenvalue weighted by Crippen LogP contribution is 2.16. The smallest absolute Gasteiger partial charge is 0.323 e. The summed E-state index contributed by atoms with van der Waals surface area (Å²) in [5, 5.41) is 9.09. The lowest BCUT2D eigenvalue weighted by Crippen LogP contribution is -2.49. The van der Waals surface area contributed by atoms with E-state index in [-0.39, 0.29) is 6.10 Å². The Labute approximate surface area is 97.1 Å². The molecule has 0 aliphatic rings. The van der Waals surface area contributed by atoms with Crippen LogP contribution in [0.5, 0.6) is 0 Å². The summed E-state index contributed by atoms with van der Waals surface area (Å²) in [6.45, 7) is 4.77. The highest BCUT2D eigenvalue weighted by molar-refractivity contribution is 5.78. The fraction of sp³-hybridized carbons (Fsp3) is 0.909. The number of rotatable bonds is 9. The molecule has 0 amide bonds. The van der Waals surface area contributed by atoms with Crippen LogP contribution in [0.25, 0.3) is 0 Å². The molecule has 0 aromatic rings. The largest absolute Gasteiger partial charge is 0.480 e. The number of unbranched alkanes of at least 4 members (excludes halogenated alkanes) is 1. The Bertz CT molecular complexity index is 209. The molecule has 0 rings (SSSR count). The van der Waals surface area contributed by atoms with E-state index in [0.29, 0.717) is 26.0 Å². The van der Waals surface area contributed by atoms with Crippen LogP contribution in [0.2, 0.25) is 0 Å². The summed E-state index contributed by atoms with van der Waals surface area (Å²) < 4.78 is 5.33. The summed E-state index contributed by atoms with van der Waals surface area (Å²) in [7, 11) is 0. The number of carbonyl (C=O) groups is 1. The Hall–Kier alpha value is -0.650. The number of ether oxygens (including phenoxy) is 1. The van der Waals surface area contributed by atoms with Crippen molar-refractivity contribution < 1.29 is 14.6 Å². The number of hydrogen-bond donors (Lipinski definition) is 3. The third-order valence-electron chi connectivity index (χ3n) is 2.50. The third-order valence-corrected chi connectivity index (χ3v) is 2.50. The van der Waals surface area contributed by atoms with Gasteiger partial charge in [-0.05, 0) is 46.1 Å². The van der Waals surface area contributed by atoms with E-state index in [0.717, 1.165) is 12.8 Å². The number of aliphatic carboxylic acids is 1. The molecule has 0 aliphatic heterocycles. The van der Waals surface area contributed by atoms with Crippen LogP contribution >= 0.6 is 0 Å². The van der Waals surface area contributed by atoms with Crippen molar-refractivity contribution in [2.75, 3.05) is 13.2 Å². The Balaban J connectivity index is 4.06. The van der Waals surface area contributed by atoms with E-state index in [9.17, 15) is 4.79 Å². The summed E-state index contributed by atoms with van der Waals surface area (Å²) >= 11 is 0. The SMILES string of the molecule is CC(C)OCC[C@](N)(CCCCN)C(=O)O. The van der Waals surface area contributed by atoms with Gasteiger partial charge in [0.2, 0.25) is 0 Å². The second-order valence-corrected chi connectivity index (χ2v) is 4.38. The van der Waals surface area contributed by atoms with Crippen molar-refractivity contribution in [2.24, 2.45) is 11.5 Å². The van der Waals surface area contributed by atoms with E-state index in [4.69, 9.17) is 21.3 Å². The molecule has 0 radical (unpaired) electrons. The van der Waals surface area contributed by atoms with Crippen molar-refractivity contribution in [1.82, 2.24) is 0 Å². The van der Waals surface area contributed by atoms with Gasteiger partial charge in [0.1, 0.15) is 5.54 Å². The standard InChI is InChI=1S/C11H24N2O3/c1-9(2)16-8-6-11(13,10(14)15)5-3-4-7-12/h9H,3-8,12-13H2,1-2H3,(H,14,15)/t11-/m1/s1. The molecule has 0 fully saturated rings. The Morgan fingerprint density at radius 3 is 2.44 bits per heavy atom. The topological polar surface area (TPSA) is 98.6 Å². The van der Waals surface area contributed by atoms with Gasteiger partial charge in [-0.3, -0.25) is 4.79 Å². The second-order valence-electron chi connectivity index (χ2n) is 4.38. The van der Waals surface area contributed by atoms with Gasteiger partial charge in [-0.2, -0.15) is 0 Å².